The summed E-state index contributed by atoms with van der Waals surface area (Å²) in [6.07, 6.45) is 4.89. The van der Waals surface area contributed by atoms with E-state index in [9.17, 15) is 19.2 Å². The van der Waals surface area contributed by atoms with E-state index in [1.54, 1.807) is 12.1 Å². The summed E-state index contributed by atoms with van der Waals surface area (Å²) in [7, 11) is 0. The molecule has 1 saturated heterocycles. The Hall–Kier alpha value is -3.74. The molecule has 3 atom stereocenters. The van der Waals surface area contributed by atoms with Gasteiger partial charge in [0.05, 0.1) is 11.8 Å². The Bertz CT molecular complexity index is 1070. The van der Waals surface area contributed by atoms with E-state index in [0.717, 1.165) is 16.0 Å². The van der Waals surface area contributed by atoms with E-state index < -0.39 is 36.4 Å². The standard InChI is InChI=1S/C26H26N2O5/c1-17-9-5-8-14-21(17)27-23(29)16-33-26(32)22(15-18-10-3-2-4-11-18)28-24(30)19-12-6-7-13-20(19)25(28)31/h2-11,14,19-20,22H,12-13,15-16H2,1H3,(H,27,29)/t19-,20-,22-/m0/s1. The maximum Gasteiger partial charge on any atom is 0.330 e. The number of anilines is 1. The first-order valence-electron chi connectivity index (χ1n) is 11.0. The maximum absolute atomic E-state index is 13.1. The van der Waals surface area contributed by atoms with Gasteiger partial charge in [-0.25, -0.2) is 4.79 Å². The van der Waals surface area contributed by atoms with E-state index in [1.165, 1.54) is 0 Å². The largest absolute Gasteiger partial charge is 0.454 e. The van der Waals surface area contributed by atoms with E-state index in [0.29, 0.717) is 18.5 Å². The van der Waals surface area contributed by atoms with Crippen LogP contribution in [0.1, 0.15) is 24.0 Å². The van der Waals surface area contributed by atoms with Crippen molar-refractivity contribution >= 4 is 29.4 Å². The number of imide groups is 1. The molecular formula is C26H26N2O5. The number of carbonyl (C=O) groups is 4. The quantitative estimate of drug-likeness (QED) is 0.401. The van der Waals surface area contributed by atoms with Crippen LogP contribution in [0, 0.1) is 18.8 Å². The molecule has 1 aliphatic carbocycles. The van der Waals surface area contributed by atoms with Gasteiger partial charge in [-0.2, -0.15) is 0 Å². The van der Waals surface area contributed by atoms with Crippen molar-refractivity contribution in [3.8, 4) is 0 Å². The summed E-state index contributed by atoms with van der Waals surface area (Å²) < 4.78 is 5.30. The lowest BCUT2D eigenvalue weighted by Crippen LogP contribution is -2.48. The van der Waals surface area contributed by atoms with Gasteiger partial charge in [0.15, 0.2) is 6.61 Å². The van der Waals surface area contributed by atoms with E-state index in [4.69, 9.17) is 4.74 Å². The number of amides is 3. The second-order valence-electron chi connectivity index (χ2n) is 8.38. The molecule has 0 radical (unpaired) electrons. The summed E-state index contributed by atoms with van der Waals surface area (Å²) in [5, 5.41) is 2.71. The van der Waals surface area contributed by atoms with Crippen LogP contribution < -0.4 is 5.32 Å². The minimum Gasteiger partial charge on any atom is -0.454 e. The van der Waals surface area contributed by atoms with Crippen LogP contribution in [0.25, 0.3) is 0 Å². The summed E-state index contributed by atoms with van der Waals surface area (Å²) in [5.74, 6) is -2.86. The lowest BCUT2D eigenvalue weighted by atomic mass is 9.85. The number of hydrogen-bond acceptors (Lipinski definition) is 5. The van der Waals surface area contributed by atoms with Crippen LogP contribution in [0.3, 0.4) is 0 Å². The van der Waals surface area contributed by atoms with Gasteiger partial charge >= 0.3 is 5.97 Å². The minimum absolute atomic E-state index is 0.128. The summed E-state index contributed by atoms with van der Waals surface area (Å²) in [5.41, 5.74) is 2.29. The molecule has 3 amide bonds. The molecule has 0 aromatic heterocycles. The summed E-state index contributed by atoms with van der Waals surface area (Å²) in [4.78, 5) is 52.7. The lowest BCUT2D eigenvalue weighted by molar-refractivity contribution is -0.159. The van der Waals surface area contributed by atoms with Gasteiger partial charge in [-0.15, -0.1) is 0 Å². The fourth-order valence-corrected chi connectivity index (χ4v) is 4.38. The number of likely N-dealkylation sites (tertiary alicyclic amines) is 1. The SMILES string of the molecule is Cc1ccccc1NC(=O)COC(=O)[C@H](Cc1ccccc1)N1C(=O)[C@H]2CC=CC[C@@H]2C1=O. The Labute approximate surface area is 192 Å². The fourth-order valence-electron chi connectivity index (χ4n) is 4.38. The van der Waals surface area contributed by atoms with Gasteiger partial charge < -0.3 is 10.1 Å². The van der Waals surface area contributed by atoms with Crippen LogP contribution in [-0.2, 0) is 30.3 Å². The molecule has 1 aliphatic heterocycles. The number of esters is 1. The predicted octanol–water partition coefficient (Wildman–Crippen LogP) is 3.04. The number of rotatable bonds is 7. The Balaban J connectivity index is 1.49. The highest BCUT2D eigenvalue weighted by Crippen LogP contribution is 2.36. The molecule has 2 aromatic carbocycles. The number of allylic oxidation sites excluding steroid dienone is 2. The molecule has 7 heteroatoms. The normalized spacial score (nSPS) is 20.3. The summed E-state index contributed by atoms with van der Waals surface area (Å²) in [6.45, 7) is 1.35. The summed E-state index contributed by atoms with van der Waals surface area (Å²) in [6, 6.07) is 15.3. The maximum atomic E-state index is 13.1. The molecule has 1 heterocycles. The Morgan fingerprint density at radius 1 is 0.970 bits per heavy atom. The summed E-state index contributed by atoms with van der Waals surface area (Å²) >= 11 is 0. The van der Waals surface area contributed by atoms with Gasteiger partial charge in [-0.05, 0) is 37.0 Å². The fraction of sp³-hybridized carbons (Fsp3) is 0.308. The molecule has 7 nitrogen and oxygen atoms in total. The van der Waals surface area contributed by atoms with Crippen molar-refractivity contribution < 1.29 is 23.9 Å². The van der Waals surface area contributed by atoms with Crippen molar-refractivity contribution in [3.05, 3.63) is 77.9 Å². The van der Waals surface area contributed by atoms with Crippen LogP contribution in [0.15, 0.2) is 66.7 Å². The van der Waals surface area contributed by atoms with Crippen molar-refractivity contribution in [2.45, 2.75) is 32.2 Å². The third-order valence-electron chi connectivity index (χ3n) is 6.16. The number of benzene rings is 2. The highest BCUT2D eigenvalue weighted by atomic mass is 16.5. The smallest absolute Gasteiger partial charge is 0.330 e. The number of hydrogen-bond donors (Lipinski definition) is 1. The van der Waals surface area contributed by atoms with Crippen LogP contribution in [0.5, 0.6) is 0 Å². The first-order valence-corrected chi connectivity index (χ1v) is 11.0. The molecule has 0 saturated carbocycles. The van der Waals surface area contributed by atoms with Crippen LogP contribution >= 0.6 is 0 Å². The molecule has 0 unspecified atom stereocenters. The van der Waals surface area contributed by atoms with Crippen LogP contribution in [0.4, 0.5) is 5.69 Å². The van der Waals surface area contributed by atoms with Gasteiger partial charge in [-0.1, -0.05) is 60.7 Å². The number of fused-ring (bicyclic) bond motifs is 1. The van der Waals surface area contributed by atoms with Crippen molar-refractivity contribution in [1.82, 2.24) is 4.90 Å². The second kappa shape index (κ2) is 9.81. The number of nitrogens with zero attached hydrogens (tertiary/aromatic N) is 1. The van der Waals surface area contributed by atoms with Gasteiger partial charge in [-0.3, -0.25) is 19.3 Å². The number of ether oxygens (including phenoxy) is 1. The number of nitrogens with one attached hydrogen (secondary N) is 1. The van der Waals surface area contributed by atoms with Crippen molar-refractivity contribution in [2.75, 3.05) is 11.9 Å². The third kappa shape index (κ3) is 4.87. The van der Waals surface area contributed by atoms with E-state index in [-0.39, 0.29) is 18.2 Å². The molecule has 170 valence electrons. The van der Waals surface area contributed by atoms with Gasteiger partial charge in [0.2, 0.25) is 11.8 Å². The molecule has 2 aromatic rings. The zero-order valence-corrected chi connectivity index (χ0v) is 18.4. The van der Waals surface area contributed by atoms with Crippen LogP contribution in [-0.4, -0.2) is 41.2 Å². The van der Waals surface area contributed by atoms with Crippen molar-refractivity contribution in [3.63, 3.8) is 0 Å². The topological polar surface area (TPSA) is 92.8 Å². The Morgan fingerprint density at radius 2 is 1.58 bits per heavy atom. The molecule has 0 bridgehead atoms. The molecule has 1 N–H and O–H groups in total. The van der Waals surface area contributed by atoms with Crippen molar-refractivity contribution in [2.24, 2.45) is 11.8 Å². The number of carbonyl (C=O) groups excluding carboxylic acids is 4. The van der Waals surface area contributed by atoms with Gasteiger partial charge in [0, 0.05) is 12.1 Å². The zero-order chi connectivity index (χ0) is 23.4. The lowest BCUT2D eigenvalue weighted by Gasteiger charge is -2.25. The average Bonchev–Trinajstić information content (AvgIpc) is 3.08. The molecule has 0 spiro atoms. The van der Waals surface area contributed by atoms with E-state index in [2.05, 4.69) is 5.32 Å². The highest BCUT2D eigenvalue weighted by Gasteiger charge is 2.51. The monoisotopic (exact) mass is 446 g/mol. The van der Waals surface area contributed by atoms with E-state index in [1.807, 2.05) is 61.5 Å². The first-order chi connectivity index (χ1) is 16.0. The van der Waals surface area contributed by atoms with E-state index >= 15 is 0 Å². The first kappa shape index (κ1) is 22.5. The molecule has 4 rings (SSSR count). The minimum atomic E-state index is -1.12. The van der Waals surface area contributed by atoms with Crippen molar-refractivity contribution in [1.29, 1.82) is 0 Å². The van der Waals surface area contributed by atoms with Crippen LogP contribution in [0.2, 0.25) is 0 Å². The predicted molar refractivity (Wildman–Crippen MR) is 122 cm³/mol. The van der Waals surface area contributed by atoms with Gasteiger partial charge in [0.1, 0.15) is 6.04 Å². The molecular weight excluding hydrogens is 420 g/mol. The second-order valence-corrected chi connectivity index (χ2v) is 8.38. The van der Waals surface area contributed by atoms with Gasteiger partial charge in [0.25, 0.3) is 5.91 Å². The number of para-hydroxylation sites is 1. The average molecular weight is 447 g/mol. The third-order valence-corrected chi connectivity index (χ3v) is 6.16. The Morgan fingerprint density at radius 3 is 2.21 bits per heavy atom. The Kier molecular flexibility index (Phi) is 6.68. The zero-order valence-electron chi connectivity index (χ0n) is 18.4. The number of aryl methyl sites for hydroxylation is 1. The molecule has 33 heavy (non-hydrogen) atoms. The molecule has 2 aliphatic rings. The highest BCUT2D eigenvalue weighted by molar-refractivity contribution is 6.08. The molecule has 1 fully saturated rings.